The van der Waals surface area contributed by atoms with Gasteiger partial charge in [0.25, 0.3) is 0 Å². The van der Waals surface area contributed by atoms with Crippen molar-refractivity contribution in [3.05, 3.63) is 23.8 Å². The van der Waals surface area contributed by atoms with Gasteiger partial charge >= 0.3 is 0 Å². The first kappa shape index (κ1) is 13.4. The van der Waals surface area contributed by atoms with E-state index in [-0.39, 0.29) is 6.61 Å². The molecule has 3 N–H and O–H groups in total. The number of aliphatic hydroxyl groups excluding tert-OH is 3. The third-order valence-electron chi connectivity index (χ3n) is 3.78. The van der Waals surface area contributed by atoms with Crippen LogP contribution >= 0.6 is 0 Å². The van der Waals surface area contributed by atoms with Crippen molar-refractivity contribution in [1.29, 1.82) is 0 Å². The van der Waals surface area contributed by atoms with Crippen LogP contribution in [0.2, 0.25) is 0 Å². The maximum absolute atomic E-state index is 10.1. The van der Waals surface area contributed by atoms with Crippen molar-refractivity contribution in [2.75, 3.05) is 6.61 Å². The van der Waals surface area contributed by atoms with Gasteiger partial charge in [-0.15, -0.1) is 0 Å². The van der Waals surface area contributed by atoms with E-state index in [4.69, 9.17) is 9.84 Å². The zero-order chi connectivity index (χ0) is 14.4. The fourth-order valence-electron chi connectivity index (χ4n) is 2.76. The zero-order valence-corrected chi connectivity index (χ0v) is 11.3. The zero-order valence-electron chi connectivity index (χ0n) is 11.3. The molecule has 1 aliphatic heterocycles. The van der Waals surface area contributed by atoms with E-state index < -0.39 is 24.5 Å². The van der Waals surface area contributed by atoms with Gasteiger partial charge in [-0.25, -0.2) is 9.97 Å². The number of nitrogens with zero attached hydrogens (tertiary/aromatic N) is 3. The van der Waals surface area contributed by atoms with E-state index in [0.29, 0.717) is 5.65 Å². The normalized spacial score (nSPS) is 30.2. The van der Waals surface area contributed by atoms with Crippen LogP contribution in [0.15, 0.2) is 12.5 Å². The molecule has 2 aromatic heterocycles. The van der Waals surface area contributed by atoms with Crippen molar-refractivity contribution in [2.24, 2.45) is 0 Å². The largest absolute Gasteiger partial charge is 0.394 e. The van der Waals surface area contributed by atoms with Crippen LogP contribution in [0.4, 0.5) is 0 Å². The first-order valence-corrected chi connectivity index (χ1v) is 6.45. The van der Waals surface area contributed by atoms with E-state index in [1.165, 1.54) is 6.33 Å². The van der Waals surface area contributed by atoms with E-state index in [9.17, 15) is 10.2 Å². The van der Waals surface area contributed by atoms with Gasteiger partial charge in [-0.2, -0.15) is 0 Å². The summed E-state index contributed by atoms with van der Waals surface area (Å²) in [5.74, 6) is 0. The number of hydrogen-bond acceptors (Lipinski definition) is 6. The number of rotatable bonds is 2. The number of aromatic nitrogens is 3. The molecule has 0 radical (unpaired) electrons. The minimum absolute atomic E-state index is 0.346. The lowest BCUT2D eigenvalue weighted by Gasteiger charge is -2.17. The molecule has 0 bridgehead atoms. The third kappa shape index (κ3) is 1.82. The third-order valence-corrected chi connectivity index (χ3v) is 3.78. The molecule has 0 spiro atoms. The van der Waals surface area contributed by atoms with Gasteiger partial charge in [-0.1, -0.05) is 0 Å². The molecule has 1 unspecified atom stereocenters. The van der Waals surface area contributed by atoms with Gasteiger partial charge in [0.15, 0.2) is 6.23 Å². The van der Waals surface area contributed by atoms with Crippen LogP contribution in [0.3, 0.4) is 0 Å². The molecule has 1 aliphatic rings. The molecular formula is C13H17N3O4. The Hall–Kier alpha value is -1.54. The van der Waals surface area contributed by atoms with Gasteiger partial charge in [0, 0.05) is 11.6 Å². The highest BCUT2D eigenvalue weighted by atomic mass is 16.6. The van der Waals surface area contributed by atoms with E-state index >= 15 is 0 Å². The Morgan fingerprint density at radius 1 is 1.25 bits per heavy atom. The van der Waals surface area contributed by atoms with Crippen LogP contribution in [0, 0.1) is 13.8 Å². The summed E-state index contributed by atoms with van der Waals surface area (Å²) >= 11 is 0. The summed E-state index contributed by atoms with van der Waals surface area (Å²) in [5, 5.41) is 30.0. The molecule has 7 heteroatoms. The Labute approximate surface area is 115 Å². The number of fused-ring (bicyclic) bond motifs is 1. The molecule has 4 atom stereocenters. The average Bonchev–Trinajstić information content (AvgIpc) is 2.90. The monoisotopic (exact) mass is 279 g/mol. The Morgan fingerprint density at radius 3 is 2.65 bits per heavy atom. The Bertz CT molecular complexity index is 642. The molecular weight excluding hydrogens is 262 g/mol. The van der Waals surface area contributed by atoms with E-state index in [1.54, 1.807) is 4.57 Å². The van der Waals surface area contributed by atoms with E-state index in [1.807, 2.05) is 20.0 Å². The second-order valence-corrected chi connectivity index (χ2v) is 5.11. The predicted octanol–water partition coefficient (Wildman–Crippen LogP) is -0.340. The lowest BCUT2D eigenvalue weighted by Crippen LogP contribution is -2.33. The molecule has 0 aliphatic carbocycles. The second-order valence-electron chi connectivity index (χ2n) is 5.11. The molecule has 0 aromatic carbocycles. The molecule has 3 rings (SSSR count). The number of aryl methyl sites for hydroxylation is 2. The fraction of sp³-hybridized carbons (Fsp3) is 0.538. The Kier molecular flexibility index (Phi) is 3.21. The summed E-state index contributed by atoms with van der Waals surface area (Å²) in [6.45, 7) is 3.47. The van der Waals surface area contributed by atoms with Gasteiger partial charge in [0.05, 0.1) is 12.3 Å². The maximum atomic E-state index is 10.1. The van der Waals surface area contributed by atoms with Crippen molar-refractivity contribution in [3.63, 3.8) is 0 Å². The van der Waals surface area contributed by atoms with Crippen LogP contribution < -0.4 is 0 Å². The van der Waals surface area contributed by atoms with Gasteiger partial charge in [0.1, 0.15) is 30.3 Å². The molecule has 0 amide bonds. The van der Waals surface area contributed by atoms with Gasteiger partial charge < -0.3 is 24.6 Å². The summed E-state index contributed by atoms with van der Waals surface area (Å²) in [6.07, 6.45) is -0.534. The maximum Gasteiger partial charge on any atom is 0.164 e. The van der Waals surface area contributed by atoms with Crippen molar-refractivity contribution < 1.29 is 20.1 Å². The highest BCUT2D eigenvalue weighted by Crippen LogP contribution is 2.33. The van der Waals surface area contributed by atoms with Gasteiger partial charge in [-0.3, -0.25) is 0 Å². The Morgan fingerprint density at radius 2 is 2.00 bits per heavy atom. The molecule has 20 heavy (non-hydrogen) atoms. The first-order chi connectivity index (χ1) is 9.54. The molecule has 0 saturated carbocycles. The highest BCUT2D eigenvalue weighted by molar-refractivity contribution is 5.82. The topological polar surface area (TPSA) is 101 Å². The quantitative estimate of drug-likeness (QED) is 0.695. The standard InChI is InChI=1S/C13H17N3O4/c1-6-3-16(12-9(6)7(2)14-5-15-12)13-11(19)10(18)8(4-17)20-13/h3,5,8,10-11,13,17-19H,4H2,1-2H3/t8-,10?,11+,13-/m1/s1. The average molecular weight is 279 g/mol. The summed E-state index contributed by atoms with van der Waals surface area (Å²) in [7, 11) is 0. The minimum atomic E-state index is -1.12. The second kappa shape index (κ2) is 4.78. The molecule has 7 nitrogen and oxygen atoms in total. The first-order valence-electron chi connectivity index (χ1n) is 6.45. The van der Waals surface area contributed by atoms with Gasteiger partial charge in [-0.05, 0) is 19.4 Å². The molecule has 1 saturated heterocycles. The van der Waals surface area contributed by atoms with Crippen LogP contribution in [-0.2, 0) is 4.74 Å². The Balaban J connectivity index is 2.10. The smallest absolute Gasteiger partial charge is 0.164 e. The minimum Gasteiger partial charge on any atom is -0.394 e. The van der Waals surface area contributed by atoms with Gasteiger partial charge in [0.2, 0.25) is 0 Å². The summed E-state index contributed by atoms with van der Waals surface area (Å²) < 4.78 is 7.22. The fourth-order valence-corrected chi connectivity index (χ4v) is 2.76. The lowest BCUT2D eigenvalue weighted by atomic mass is 10.1. The van der Waals surface area contributed by atoms with Crippen LogP contribution in [0.5, 0.6) is 0 Å². The number of hydrogen-bond donors (Lipinski definition) is 3. The van der Waals surface area contributed by atoms with E-state index in [2.05, 4.69) is 9.97 Å². The predicted molar refractivity (Wildman–Crippen MR) is 70.0 cm³/mol. The van der Waals surface area contributed by atoms with Crippen molar-refractivity contribution in [2.45, 2.75) is 38.4 Å². The van der Waals surface area contributed by atoms with Crippen LogP contribution in [0.1, 0.15) is 17.5 Å². The molecule has 1 fully saturated rings. The molecule has 2 aromatic rings. The van der Waals surface area contributed by atoms with E-state index in [0.717, 1.165) is 16.6 Å². The number of ether oxygens (including phenoxy) is 1. The van der Waals surface area contributed by atoms with Crippen molar-refractivity contribution in [1.82, 2.24) is 14.5 Å². The van der Waals surface area contributed by atoms with Crippen LogP contribution in [0.25, 0.3) is 11.0 Å². The lowest BCUT2D eigenvalue weighted by molar-refractivity contribution is -0.0509. The van der Waals surface area contributed by atoms with Crippen molar-refractivity contribution >= 4 is 11.0 Å². The summed E-state index contributed by atoms with van der Waals surface area (Å²) in [4.78, 5) is 8.39. The summed E-state index contributed by atoms with van der Waals surface area (Å²) in [6, 6.07) is 0. The molecule has 108 valence electrons. The summed E-state index contributed by atoms with van der Waals surface area (Å²) in [5.41, 5.74) is 2.46. The number of aliphatic hydroxyl groups is 3. The molecule has 3 heterocycles. The van der Waals surface area contributed by atoms with Crippen LogP contribution in [-0.4, -0.2) is 54.8 Å². The van der Waals surface area contributed by atoms with Crippen molar-refractivity contribution in [3.8, 4) is 0 Å². The highest BCUT2D eigenvalue weighted by Gasteiger charge is 2.43. The SMILES string of the molecule is Cc1cn([C@@H]2O[C@H](CO)C(O)[C@@H]2O)c2ncnc(C)c12.